The molecule has 3 heteroatoms. The fourth-order valence-electron chi connectivity index (χ4n) is 2.74. The summed E-state index contributed by atoms with van der Waals surface area (Å²) in [5.74, 6) is 0. The molecular weight excluding hydrogens is 236 g/mol. The van der Waals surface area contributed by atoms with Gasteiger partial charge in [0.15, 0.2) is 0 Å². The minimum absolute atomic E-state index is 0.116. The number of aryl methyl sites for hydroxylation is 1. The SMILES string of the molecule is CCc1ccc(N2CC(CO)NCCC2(C)C)cc1. The lowest BCUT2D eigenvalue weighted by molar-refractivity contribution is 0.248. The molecule has 0 amide bonds. The Morgan fingerprint density at radius 1 is 1.32 bits per heavy atom. The first-order valence-electron chi connectivity index (χ1n) is 7.27. The van der Waals surface area contributed by atoms with Crippen LogP contribution in [0.4, 0.5) is 5.69 Å². The molecule has 2 rings (SSSR count). The first kappa shape index (κ1) is 14.4. The molecule has 0 radical (unpaired) electrons. The summed E-state index contributed by atoms with van der Waals surface area (Å²) in [6.07, 6.45) is 2.16. The summed E-state index contributed by atoms with van der Waals surface area (Å²) in [5, 5.41) is 12.9. The molecule has 3 nitrogen and oxygen atoms in total. The van der Waals surface area contributed by atoms with E-state index in [1.165, 1.54) is 11.3 Å². The number of nitrogens with one attached hydrogen (secondary N) is 1. The van der Waals surface area contributed by atoms with Crippen LogP contribution < -0.4 is 10.2 Å². The molecule has 1 aromatic rings. The normalized spacial score (nSPS) is 23.2. The van der Waals surface area contributed by atoms with Gasteiger partial charge in [-0.15, -0.1) is 0 Å². The Labute approximate surface area is 116 Å². The van der Waals surface area contributed by atoms with E-state index < -0.39 is 0 Å². The van der Waals surface area contributed by atoms with Gasteiger partial charge in [-0.3, -0.25) is 0 Å². The molecule has 1 aliphatic rings. The Morgan fingerprint density at radius 2 is 2.00 bits per heavy atom. The molecule has 2 N–H and O–H groups in total. The van der Waals surface area contributed by atoms with Gasteiger partial charge in [0, 0.05) is 23.8 Å². The Morgan fingerprint density at radius 3 is 2.58 bits per heavy atom. The molecule has 0 bridgehead atoms. The molecular formula is C16H26N2O. The summed E-state index contributed by atoms with van der Waals surface area (Å²) in [6, 6.07) is 8.99. The van der Waals surface area contributed by atoms with E-state index in [-0.39, 0.29) is 18.2 Å². The van der Waals surface area contributed by atoms with E-state index in [0.29, 0.717) is 0 Å². The van der Waals surface area contributed by atoms with Crippen molar-refractivity contribution in [2.75, 3.05) is 24.6 Å². The third kappa shape index (κ3) is 3.28. The van der Waals surface area contributed by atoms with Gasteiger partial charge < -0.3 is 15.3 Å². The first-order chi connectivity index (χ1) is 9.06. The number of hydrogen-bond acceptors (Lipinski definition) is 3. The lowest BCUT2D eigenvalue weighted by Crippen LogP contribution is -2.47. The second kappa shape index (κ2) is 5.93. The molecule has 19 heavy (non-hydrogen) atoms. The van der Waals surface area contributed by atoms with Crippen molar-refractivity contribution in [3.05, 3.63) is 29.8 Å². The average Bonchev–Trinajstić information content (AvgIpc) is 2.57. The van der Waals surface area contributed by atoms with Gasteiger partial charge in [0.2, 0.25) is 0 Å². The van der Waals surface area contributed by atoms with E-state index in [0.717, 1.165) is 25.9 Å². The van der Waals surface area contributed by atoms with Crippen LogP contribution >= 0.6 is 0 Å². The quantitative estimate of drug-likeness (QED) is 0.876. The number of aliphatic hydroxyl groups is 1. The largest absolute Gasteiger partial charge is 0.395 e. The maximum Gasteiger partial charge on any atom is 0.0601 e. The fraction of sp³-hybridized carbons (Fsp3) is 0.625. The topological polar surface area (TPSA) is 35.5 Å². The summed E-state index contributed by atoms with van der Waals surface area (Å²) in [4.78, 5) is 2.42. The molecule has 1 fully saturated rings. The van der Waals surface area contributed by atoms with Crippen LogP contribution in [0.15, 0.2) is 24.3 Å². The Balaban J connectivity index is 2.25. The van der Waals surface area contributed by atoms with Gasteiger partial charge in [0.25, 0.3) is 0 Å². The lowest BCUT2D eigenvalue weighted by atomic mass is 9.97. The molecule has 1 atom stereocenters. The van der Waals surface area contributed by atoms with E-state index in [4.69, 9.17) is 0 Å². The molecule has 1 heterocycles. The minimum atomic E-state index is 0.116. The Hall–Kier alpha value is -1.06. The van der Waals surface area contributed by atoms with Crippen molar-refractivity contribution in [2.45, 2.75) is 45.2 Å². The van der Waals surface area contributed by atoms with Gasteiger partial charge in [-0.25, -0.2) is 0 Å². The van der Waals surface area contributed by atoms with Crippen molar-refractivity contribution in [3.8, 4) is 0 Å². The summed E-state index contributed by atoms with van der Waals surface area (Å²) in [7, 11) is 0. The highest BCUT2D eigenvalue weighted by atomic mass is 16.3. The van der Waals surface area contributed by atoms with E-state index in [9.17, 15) is 5.11 Å². The van der Waals surface area contributed by atoms with Crippen LogP contribution in [0.1, 0.15) is 32.8 Å². The van der Waals surface area contributed by atoms with Gasteiger partial charge >= 0.3 is 0 Å². The van der Waals surface area contributed by atoms with Crippen LogP contribution in [0.5, 0.6) is 0 Å². The number of hydrogen-bond donors (Lipinski definition) is 2. The molecule has 1 aromatic carbocycles. The zero-order chi connectivity index (χ0) is 13.9. The summed E-state index contributed by atoms with van der Waals surface area (Å²) in [6.45, 7) is 8.75. The van der Waals surface area contributed by atoms with Gasteiger partial charge in [0.05, 0.1) is 6.61 Å². The molecule has 106 valence electrons. The van der Waals surface area contributed by atoms with Crippen LogP contribution in [0.3, 0.4) is 0 Å². The van der Waals surface area contributed by atoms with Crippen molar-refractivity contribution in [1.82, 2.24) is 5.32 Å². The first-order valence-corrected chi connectivity index (χ1v) is 7.27. The Kier molecular flexibility index (Phi) is 4.48. The molecule has 1 aliphatic heterocycles. The van der Waals surface area contributed by atoms with Crippen molar-refractivity contribution >= 4 is 5.69 Å². The second-order valence-corrected chi connectivity index (χ2v) is 6.03. The highest BCUT2D eigenvalue weighted by Gasteiger charge is 2.31. The van der Waals surface area contributed by atoms with Crippen LogP contribution in [-0.2, 0) is 6.42 Å². The van der Waals surface area contributed by atoms with Gasteiger partial charge in [-0.05, 0) is 50.9 Å². The number of anilines is 1. The lowest BCUT2D eigenvalue weighted by Gasteiger charge is -2.40. The number of aliphatic hydroxyl groups excluding tert-OH is 1. The number of nitrogens with zero attached hydrogens (tertiary/aromatic N) is 1. The number of benzene rings is 1. The van der Waals surface area contributed by atoms with Gasteiger partial charge in [-0.2, -0.15) is 0 Å². The van der Waals surface area contributed by atoms with E-state index in [1.54, 1.807) is 0 Å². The van der Waals surface area contributed by atoms with Crippen molar-refractivity contribution in [1.29, 1.82) is 0 Å². The van der Waals surface area contributed by atoms with E-state index in [1.807, 2.05) is 0 Å². The maximum absolute atomic E-state index is 9.44. The van der Waals surface area contributed by atoms with E-state index in [2.05, 4.69) is 55.3 Å². The fourth-order valence-corrected chi connectivity index (χ4v) is 2.74. The monoisotopic (exact) mass is 262 g/mol. The Bertz CT molecular complexity index is 400. The van der Waals surface area contributed by atoms with Gasteiger partial charge in [0.1, 0.15) is 0 Å². The predicted molar refractivity (Wildman–Crippen MR) is 80.7 cm³/mol. The van der Waals surface area contributed by atoms with E-state index >= 15 is 0 Å². The predicted octanol–water partition coefficient (Wildman–Crippen LogP) is 2.19. The number of rotatable bonds is 3. The standard InChI is InChI=1S/C16H26N2O/c1-4-13-5-7-15(8-6-13)18-11-14(12-19)17-10-9-16(18,2)3/h5-8,14,17,19H,4,9-12H2,1-3H3. The third-order valence-corrected chi connectivity index (χ3v) is 4.18. The molecule has 0 aliphatic carbocycles. The van der Waals surface area contributed by atoms with Crippen molar-refractivity contribution < 1.29 is 5.11 Å². The smallest absolute Gasteiger partial charge is 0.0601 e. The summed E-state index contributed by atoms with van der Waals surface area (Å²) >= 11 is 0. The van der Waals surface area contributed by atoms with Crippen molar-refractivity contribution in [3.63, 3.8) is 0 Å². The zero-order valence-corrected chi connectivity index (χ0v) is 12.3. The van der Waals surface area contributed by atoms with Crippen LogP contribution in [0.2, 0.25) is 0 Å². The molecule has 1 saturated heterocycles. The summed E-state index contributed by atoms with van der Waals surface area (Å²) < 4.78 is 0. The minimum Gasteiger partial charge on any atom is -0.395 e. The highest BCUT2D eigenvalue weighted by Crippen LogP contribution is 2.28. The van der Waals surface area contributed by atoms with Crippen LogP contribution in [0, 0.1) is 0 Å². The molecule has 0 saturated carbocycles. The third-order valence-electron chi connectivity index (χ3n) is 4.18. The van der Waals surface area contributed by atoms with Crippen molar-refractivity contribution in [2.24, 2.45) is 0 Å². The summed E-state index contributed by atoms with van der Waals surface area (Å²) in [5.41, 5.74) is 2.74. The molecule has 0 spiro atoms. The zero-order valence-electron chi connectivity index (χ0n) is 12.3. The molecule has 0 aromatic heterocycles. The van der Waals surface area contributed by atoms with Gasteiger partial charge in [-0.1, -0.05) is 19.1 Å². The maximum atomic E-state index is 9.44. The van der Waals surface area contributed by atoms with Crippen LogP contribution in [-0.4, -0.2) is 36.4 Å². The second-order valence-electron chi connectivity index (χ2n) is 6.03. The molecule has 1 unspecified atom stereocenters. The average molecular weight is 262 g/mol. The highest BCUT2D eigenvalue weighted by molar-refractivity contribution is 5.50. The van der Waals surface area contributed by atoms with Crippen LogP contribution in [0.25, 0.3) is 0 Å².